The second-order valence-corrected chi connectivity index (χ2v) is 5.52. The van der Waals surface area contributed by atoms with E-state index in [9.17, 15) is 5.11 Å². The molecule has 2 aromatic rings. The van der Waals surface area contributed by atoms with Crippen LogP contribution in [0.25, 0.3) is 0 Å². The number of guanidine groups is 1. The molecule has 0 bridgehead atoms. The van der Waals surface area contributed by atoms with Crippen molar-refractivity contribution in [2.24, 2.45) is 10.7 Å². The summed E-state index contributed by atoms with van der Waals surface area (Å²) in [6.45, 7) is 1.84. The Labute approximate surface area is 140 Å². The molecule has 0 spiro atoms. The standard InChI is InChI=1S/C18H21N3O3/c19-18(20-8-7-13-3-1-4-15(22)11-13)21-14-5-6-16-17(12-14)24-10-2-9-23-16/h1,3-6,11-12,22H,2,7-10H2,(H3,19,20,21). The largest absolute Gasteiger partial charge is 0.508 e. The summed E-state index contributed by atoms with van der Waals surface area (Å²) in [5.74, 6) is 2.06. The van der Waals surface area contributed by atoms with Gasteiger partial charge in [0.1, 0.15) is 5.75 Å². The molecular formula is C18H21N3O3. The number of phenols is 1. The fourth-order valence-corrected chi connectivity index (χ4v) is 2.45. The third-order valence-corrected chi connectivity index (χ3v) is 3.61. The Hall–Kier alpha value is -2.89. The molecule has 0 aliphatic carbocycles. The molecule has 2 aromatic carbocycles. The monoisotopic (exact) mass is 327 g/mol. The number of fused-ring (bicyclic) bond motifs is 1. The number of ether oxygens (including phenoxy) is 2. The molecule has 0 amide bonds. The van der Waals surface area contributed by atoms with Crippen LogP contribution in [0.1, 0.15) is 12.0 Å². The molecule has 1 aliphatic rings. The maximum Gasteiger partial charge on any atom is 0.193 e. The molecule has 0 radical (unpaired) electrons. The van der Waals surface area contributed by atoms with Gasteiger partial charge in [-0.25, -0.2) is 0 Å². The predicted octanol–water partition coefficient (Wildman–Crippen LogP) is 2.52. The molecule has 0 aromatic heterocycles. The number of aromatic hydroxyl groups is 1. The van der Waals surface area contributed by atoms with Gasteiger partial charge in [0.15, 0.2) is 17.5 Å². The average molecular weight is 327 g/mol. The Morgan fingerprint density at radius 2 is 1.96 bits per heavy atom. The summed E-state index contributed by atoms with van der Waals surface area (Å²) >= 11 is 0. The Balaban J connectivity index is 1.58. The number of nitrogens with zero attached hydrogens (tertiary/aromatic N) is 1. The van der Waals surface area contributed by atoms with E-state index in [0.717, 1.165) is 23.4 Å². The fourth-order valence-electron chi connectivity index (χ4n) is 2.45. The van der Waals surface area contributed by atoms with Crippen LogP contribution in [0.4, 0.5) is 5.69 Å². The van der Waals surface area contributed by atoms with Crippen molar-refractivity contribution in [1.82, 2.24) is 0 Å². The molecule has 4 N–H and O–H groups in total. The number of phenolic OH excluding ortho intramolecular Hbond substituents is 1. The predicted molar refractivity (Wildman–Crippen MR) is 94.0 cm³/mol. The lowest BCUT2D eigenvalue weighted by molar-refractivity contribution is 0.297. The number of nitrogens with two attached hydrogens (primary N) is 1. The first-order valence-corrected chi connectivity index (χ1v) is 7.95. The highest BCUT2D eigenvalue weighted by atomic mass is 16.5. The van der Waals surface area contributed by atoms with Crippen LogP contribution in [-0.2, 0) is 6.42 Å². The minimum Gasteiger partial charge on any atom is -0.508 e. The molecule has 0 saturated heterocycles. The molecule has 3 rings (SSSR count). The summed E-state index contributed by atoms with van der Waals surface area (Å²) in [5.41, 5.74) is 7.74. The first-order valence-electron chi connectivity index (χ1n) is 7.95. The van der Waals surface area contributed by atoms with E-state index in [4.69, 9.17) is 15.2 Å². The van der Waals surface area contributed by atoms with Crippen LogP contribution in [0.3, 0.4) is 0 Å². The smallest absolute Gasteiger partial charge is 0.193 e. The molecule has 0 saturated carbocycles. The number of benzene rings is 2. The molecule has 126 valence electrons. The maximum absolute atomic E-state index is 9.44. The van der Waals surface area contributed by atoms with Gasteiger partial charge in [-0.2, -0.15) is 0 Å². The molecule has 0 unspecified atom stereocenters. The van der Waals surface area contributed by atoms with Crippen LogP contribution < -0.4 is 20.5 Å². The normalized spacial score (nSPS) is 14.1. The van der Waals surface area contributed by atoms with Gasteiger partial charge in [-0.1, -0.05) is 12.1 Å². The van der Waals surface area contributed by atoms with Crippen molar-refractivity contribution in [1.29, 1.82) is 0 Å². The van der Waals surface area contributed by atoms with E-state index in [1.54, 1.807) is 12.1 Å². The van der Waals surface area contributed by atoms with Gasteiger partial charge in [-0.3, -0.25) is 4.99 Å². The molecule has 24 heavy (non-hydrogen) atoms. The lowest BCUT2D eigenvalue weighted by Crippen LogP contribution is -2.23. The highest BCUT2D eigenvalue weighted by Gasteiger charge is 2.10. The number of nitrogens with one attached hydrogen (secondary N) is 1. The number of hydrogen-bond acceptors (Lipinski definition) is 4. The first kappa shape index (κ1) is 16.0. The van der Waals surface area contributed by atoms with Crippen molar-refractivity contribution in [2.45, 2.75) is 12.8 Å². The van der Waals surface area contributed by atoms with E-state index >= 15 is 0 Å². The van der Waals surface area contributed by atoms with Crippen molar-refractivity contribution in [3.8, 4) is 17.2 Å². The zero-order valence-electron chi connectivity index (χ0n) is 13.4. The minimum atomic E-state index is 0.259. The summed E-state index contributed by atoms with van der Waals surface area (Å²) in [6, 6.07) is 12.7. The van der Waals surface area contributed by atoms with Crippen molar-refractivity contribution in [2.75, 3.05) is 25.1 Å². The van der Waals surface area contributed by atoms with Gasteiger partial charge in [0, 0.05) is 24.7 Å². The van der Waals surface area contributed by atoms with Gasteiger partial charge in [-0.05, 0) is 36.2 Å². The summed E-state index contributed by atoms with van der Waals surface area (Å²) in [6.07, 6.45) is 1.58. The van der Waals surface area contributed by atoms with E-state index in [1.807, 2.05) is 30.3 Å². The van der Waals surface area contributed by atoms with Gasteiger partial charge < -0.3 is 25.6 Å². The van der Waals surface area contributed by atoms with Gasteiger partial charge in [0.25, 0.3) is 0 Å². The third-order valence-electron chi connectivity index (χ3n) is 3.61. The molecule has 1 heterocycles. The topological polar surface area (TPSA) is 89.1 Å². The van der Waals surface area contributed by atoms with Gasteiger partial charge in [0.05, 0.1) is 13.2 Å². The lowest BCUT2D eigenvalue weighted by atomic mass is 10.1. The van der Waals surface area contributed by atoms with E-state index in [-0.39, 0.29) is 5.75 Å². The minimum absolute atomic E-state index is 0.259. The van der Waals surface area contributed by atoms with E-state index in [0.29, 0.717) is 37.9 Å². The highest BCUT2D eigenvalue weighted by molar-refractivity contribution is 5.92. The average Bonchev–Trinajstić information content (AvgIpc) is 2.80. The molecular weight excluding hydrogens is 306 g/mol. The zero-order chi connectivity index (χ0) is 16.8. The molecule has 0 fully saturated rings. The van der Waals surface area contributed by atoms with Crippen LogP contribution in [0.15, 0.2) is 47.5 Å². The zero-order valence-corrected chi connectivity index (χ0v) is 13.4. The van der Waals surface area contributed by atoms with Crippen LogP contribution in [0.2, 0.25) is 0 Å². The quantitative estimate of drug-likeness (QED) is 0.593. The van der Waals surface area contributed by atoms with Crippen LogP contribution in [-0.4, -0.2) is 30.8 Å². The Kier molecular flexibility index (Phi) is 5.05. The number of anilines is 1. The second-order valence-electron chi connectivity index (χ2n) is 5.52. The fraction of sp³-hybridized carbons (Fsp3) is 0.278. The van der Waals surface area contributed by atoms with Crippen molar-refractivity contribution in [3.05, 3.63) is 48.0 Å². The maximum atomic E-state index is 9.44. The van der Waals surface area contributed by atoms with Gasteiger partial charge in [0.2, 0.25) is 0 Å². The Morgan fingerprint density at radius 3 is 2.79 bits per heavy atom. The van der Waals surface area contributed by atoms with Crippen LogP contribution in [0, 0.1) is 0 Å². The van der Waals surface area contributed by atoms with Crippen LogP contribution >= 0.6 is 0 Å². The number of rotatable bonds is 4. The number of aliphatic imine (C=N–C) groups is 1. The van der Waals surface area contributed by atoms with E-state index < -0.39 is 0 Å². The molecule has 6 nitrogen and oxygen atoms in total. The van der Waals surface area contributed by atoms with Crippen molar-refractivity contribution < 1.29 is 14.6 Å². The summed E-state index contributed by atoms with van der Waals surface area (Å²) in [5, 5.41) is 12.5. The van der Waals surface area contributed by atoms with Crippen LogP contribution in [0.5, 0.6) is 17.2 Å². The summed E-state index contributed by atoms with van der Waals surface area (Å²) < 4.78 is 11.2. The SMILES string of the molecule is NC(=NCCc1cccc(O)c1)Nc1ccc2c(c1)OCCCO2. The van der Waals surface area contributed by atoms with E-state index in [1.165, 1.54) is 0 Å². The van der Waals surface area contributed by atoms with Crippen molar-refractivity contribution in [3.63, 3.8) is 0 Å². The molecule has 1 aliphatic heterocycles. The van der Waals surface area contributed by atoms with Gasteiger partial charge >= 0.3 is 0 Å². The molecule has 0 atom stereocenters. The van der Waals surface area contributed by atoms with E-state index in [2.05, 4.69) is 10.3 Å². The molecule has 6 heteroatoms. The summed E-state index contributed by atoms with van der Waals surface area (Å²) in [4.78, 5) is 4.30. The summed E-state index contributed by atoms with van der Waals surface area (Å²) in [7, 11) is 0. The number of hydrogen-bond donors (Lipinski definition) is 3. The third kappa shape index (κ3) is 4.32. The van der Waals surface area contributed by atoms with Gasteiger partial charge in [-0.15, -0.1) is 0 Å². The highest BCUT2D eigenvalue weighted by Crippen LogP contribution is 2.32. The second kappa shape index (κ2) is 7.59. The Bertz CT molecular complexity index is 731. The first-order chi connectivity index (χ1) is 11.7. The Morgan fingerprint density at radius 1 is 1.12 bits per heavy atom. The lowest BCUT2D eigenvalue weighted by Gasteiger charge is -2.10. The van der Waals surface area contributed by atoms with Crippen molar-refractivity contribution >= 4 is 11.6 Å².